The third-order valence-corrected chi connectivity index (χ3v) is 3.06. The minimum Gasteiger partial charge on any atom is -0.348 e. The Morgan fingerprint density at radius 3 is 2.71 bits per heavy atom. The molecule has 0 saturated carbocycles. The van der Waals surface area contributed by atoms with Gasteiger partial charge in [0.25, 0.3) is 0 Å². The maximum atomic E-state index is 5.56. The summed E-state index contributed by atoms with van der Waals surface area (Å²) in [5.74, 6) is 0.667. The average molecular weight is 213 g/mol. The zero-order chi connectivity index (χ0) is 10.6. The first-order valence-corrected chi connectivity index (χ1v) is 5.88. The number of aromatic nitrogens is 1. The second kappa shape index (κ2) is 5.32. The SMILES string of the molecule is CCN(CC(C)C)c1ncc(CN)s1. The highest BCUT2D eigenvalue weighted by Crippen LogP contribution is 2.22. The molecule has 0 aliphatic heterocycles. The van der Waals surface area contributed by atoms with Crippen LogP contribution in [0.15, 0.2) is 6.20 Å². The minimum absolute atomic E-state index is 0.594. The molecule has 0 atom stereocenters. The van der Waals surface area contributed by atoms with Crippen molar-refractivity contribution in [3.8, 4) is 0 Å². The first kappa shape index (κ1) is 11.5. The molecule has 0 radical (unpaired) electrons. The van der Waals surface area contributed by atoms with E-state index in [4.69, 9.17) is 5.73 Å². The fourth-order valence-corrected chi connectivity index (χ4v) is 2.18. The maximum Gasteiger partial charge on any atom is 0.185 e. The first-order valence-electron chi connectivity index (χ1n) is 5.07. The van der Waals surface area contributed by atoms with Gasteiger partial charge in [-0.05, 0) is 12.8 Å². The highest BCUT2D eigenvalue weighted by molar-refractivity contribution is 7.15. The maximum absolute atomic E-state index is 5.56. The smallest absolute Gasteiger partial charge is 0.185 e. The number of hydrogen-bond donors (Lipinski definition) is 1. The lowest BCUT2D eigenvalue weighted by molar-refractivity contribution is 0.618. The van der Waals surface area contributed by atoms with Crippen molar-refractivity contribution >= 4 is 16.5 Å². The Bertz CT molecular complexity index is 270. The van der Waals surface area contributed by atoms with Crippen LogP contribution < -0.4 is 10.6 Å². The van der Waals surface area contributed by atoms with Crippen molar-refractivity contribution in [1.82, 2.24) is 4.98 Å². The highest BCUT2D eigenvalue weighted by Gasteiger charge is 2.10. The molecule has 0 spiro atoms. The molecule has 1 rings (SSSR count). The van der Waals surface area contributed by atoms with Gasteiger partial charge in [-0.25, -0.2) is 4.98 Å². The summed E-state index contributed by atoms with van der Waals surface area (Å²) in [6.07, 6.45) is 1.88. The molecule has 3 nitrogen and oxygen atoms in total. The van der Waals surface area contributed by atoms with Crippen molar-refractivity contribution in [3.63, 3.8) is 0 Å². The molecular weight excluding hydrogens is 194 g/mol. The molecule has 1 heterocycles. The topological polar surface area (TPSA) is 42.2 Å². The van der Waals surface area contributed by atoms with Crippen LogP contribution in [0, 0.1) is 5.92 Å². The third-order valence-electron chi connectivity index (χ3n) is 1.98. The Balaban J connectivity index is 2.68. The second-order valence-electron chi connectivity index (χ2n) is 3.75. The van der Waals surface area contributed by atoms with E-state index in [0.717, 1.165) is 23.1 Å². The molecule has 1 aromatic rings. The van der Waals surface area contributed by atoms with Crippen LogP contribution in [0.3, 0.4) is 0 Å². The summed E-state index contributed by atoms with van der Waals surface area (Å²) in [6.45, 7) is 9.27. The van der Waals surface area contributed by atoms with E-state index in [9.17, 15) is 0 Å². The van der Waals surface area contributed by atoms with E-state index < -0.39 is 0 Å². The zero-order valence-electron chi connectivity index (χ0n) is 9.16. The van der Waals surface area contributed by atoms with E-state index in [1.54, 1.807) is 11.3 Å². The van der Waals surface area contributed by atoms with Gasteiger partial charge in [0, 0.05) is 30.7 Å². The van der Waals surface area contributed by atoms with E-state index in [2.05, 4.69) is 30.7 Å². The first-order chi connectivity index (χ1) is 6.67. The molecule has 80 valence electrons. The molecule has 14 heavy (non-hydrogen) atoms. The fourth-order valence-electron chi connectivity index (χ4n) is 1.32. The quantitative estimate of drug-likeness (QED) is 0.814. The number of nitrogens with two attached hydrogens (primary N) is 1. The molecule has 4 heteroatoms. The minimum atomic E-state index is 0.594. The summed E-state index contributed by atoms with van der Waals surface area (Å²) < 4.78 is 0. The van der Waals surface area contributed by atoms with Gasteiger partial charge < -0.3 is 10.6 Å². The van der Waals surface area contributed by atoms with Gasteiger partial charge in [0.05, 0.1) is 0 Å². The van der Waals surface area contributed by atoms with Crippen LogP contribution in [0.4, 0.5) is 5.13 Å². The van der Waals surface area contributed by atoms with Gasteiger partial charge in [0.1, 0.15) is 0 Å². The summed E-state index contributed by atoms with van der Waals surface area (Å²) in [5, 5.41) is 1.10. The van der Waals surface area contributed by atoms with Crippen LogP contribution in [0.5, 0.6) is 0 Å². The highest BCUT2D eigenvalue weighted by atomic mass is 32.1. The van der Waals surface area contributed by atoms with Crippen LogP contribution in [0.25, 0.3) is 0 Å². The second-order valence-corrected chi connectivity index (χ2v) is 4.84. The van der Waals surface area contributed by atoms with Crippen LogP contribution in [0.2, 0.25) is 0 Å². The van der Waals surface area contributed by atoms with E-state index in [1.807, 2.05) is 6.20 Å². The summed E-state index contributed by atoms with van der Waals surface area (Å²) >= 11 is 1.70. The van der Waals surface area contributed by atoms with Crippen LogP contribution in [0.1, 0.15) is 25.6 Å². The summed E-state index contributed by atoms with van der Waals surface area (Å²) in [4.78, 5) is 7.83. The molecule has 0 aliphatic carbocycles. The van der Waals surface area contributed by atoms with Crippen LogP contribution >= 0.6 is 11.3 Å². The Labute approximate surface area is 89.9 Å². The lowest BCUT2D eigenvalue weighted by Gasteiger charge is -2.21. The number of rotatable bonds is 5. The molecule has 0 aromatic carbocycles. The summed E-state index contributed by atoms with van der Waals surface area (Å²) in [5.41, 5.74) is 5.56. The monoisotopic (exact) mass is 213 g/mol. The predicted molar refractivity (Wildman–Crippen MR) is 62.7 cm³/mol. The summed E-state index contributed by atoms with van der Waals surface area (Å²) in [6, 6.07) is 0. The molecular formula is C10H19N3S. The molecule has 1 aromatic heterocycles. The average Bonchev–Trinajstić information content (AvgIpc) is 2.62. The number of thiazole rings is 1. The van der Waals surface area contributed by atoms with Crippen molar-refractivity contribution in [3.05, 3.63) is 11.1 Å². The Morgan fingerprint density at radius 2 is 2.29 bits per heavy atom. The number of hydrogen-bond acceptors (Lipinski definition) is 4. The van der Waals surface area contributed by atoms with Crippen LogP contribution in [-0.4, -0.2) is 18.1 Å². The largest absolute Gasteiger partial charge is 0.348 e. The van der Waals surface area contributed by atoms with E-state index in [1.165, 1.54) is 0 Å². The van der Waals surface area contributed by atoms with Gasteiger partial charge in [-0.2, -0.15) is 0 Å². The van der Waals surface area contributed by atoms with E-state index in [-0.39, 0.29) is 0 Å². The van der Waals surface area contributed by atoms with Gasteiger partial charge in [-0.3, -0.25) is 0 Å². The summed E-state index contributed by atoms with van der Waals surface area (Å²) in [7, 11) is 0. The van der Waals surface area contributed by atoms with Gasteiger partial charge in [-0.1, -0.05) is 13.8 Å². The molecule has 0 unspecified atom stereocenters. The fraction of sp³-hybridized carbons (Fsp3) is 0.700. The lowest BCUT2D eigenvalue weighted by atomic mass is 10.2. The van der Waals surface area contributed by atoms with Crippen molar-refractivity contribution < 1.29 is 0 Å². The van der Waals surface area contributed by atoms with E-state index in [0.29, 0.717) is 12.5 Å². The Hall–Kier alpha value is -0.610. The molecule has 0 bridgehead atoms. The molecule has 0 fully saturated rings. The van der Waals surface area contributed by atoms with E-state index >= 15 is 0 Å². The van der Waals surface area contributed by atoms with Gasteiger partial charge in [0.15, 0.2) is 5.13 Å². The molecule has 0 saturated heterocycles. The van der Waals surface area contributed by atoms with Crippen LogP contribution in [-0.2, 0) is 6.54 Å². The zero-order valence-corrected chi connectivity index (χ0v) is 9.97. The van der Waals surface area contributed by atoms with Gasteiger partial charge in [0.2, 0.25) is 0 Å². The van der Waals surface area contributed by atoms with Gasteiger partial charge >= 0.3 is 0 Å². The number of nitrogens with zero attached hydrogens (tertiary/aromatic N) is 2. The van der Waals surface area contributed by atoms with Crippen molar-refractivity contribution in [2.75, 3.05) is 18.0 Å². The number of anilines is 1. The molecule has 0 aliphatic rings. The van der Waals surface area contributed by atoms with Crippen molar-refractivity contribution in [2.45, 2.75) is 27.3 Å². The van der Waals surface area contributed by atoms with Crippen molar-refractivity contribution in [1.29, 1.82) is 0 Å². The lowest BCUT2D eigenvalue weighted by Crippen LogP contribution is -2.26. The molecule has 0 amide bonds. The Morgan fingerprint density at radius 1 is 1.57 bits per heavy atom. The third kappa shape index (κ3) is 2.96. The molecule has 2 N–H and O–H groups in total. The standard InChI is InChI=1S/C10H19N3S/c1-4-13(7-8(2)3)10-12-6-9(5-11)14-10/h6,8H,4-5,7,11H2,1-3H3. The normalized spacial score (nSPS) is 10.9. The predicted octanol–water partition coefficient (Wildman–Crippen LogP) is 2.08. The van der Waals surface area contributed by atoms with Crippen molar-refractivity contribution in [2.24, 2.45) is 11.7 Å². The van der Waals surface area contributed by atoms with Gasteiger partial charge in [-0.15, -0.1) is 11.3 Å². The Kier molecular flexibility index (Phi) is 4.35.